The summed E-state index contributed by atoms with van der Waals surface area (Å²) in [6.07, 6.45) is 3.26. The van der Waals surface area contributed by atoms with E-state index in [4.69, 9.17) is 21.3 Å². The predicted molar refractivity (Wildman–Crippen MR) is 144 cm³/mol. The number of hydrogen-bond donors (Lipinski definition) is 0. The van der Waals surface area contributed by atoms with Crippen LogP contribution in [0.1, 0.15) is 49.2 Å². The number of ketones is 1. The largest absolute Gasteiger partial charge is 0.488 e. The van der Waals surface area contributed by atoms with Gasteiger partial charge in [-0.05, 0) is 55.0 Å². The quantitative estimate of drug-likeness (QED) is 0.287. The van der Waals surface area contributed by atoms with E-state index in [1.54, 1.807) is 10.6 Å². The van der Waals surface area contributed by atoms with E-state index in [0.717, 1.165) is 29.8 Å². The molecule has 0 spiro atoms. The maximum absolute atomic E-state index is 14.1. The number of ether oxygens (including phenoxy) is 1. The second-order valence-corrected chi connectivity index (χ2v) is 11.6. The van der Waals surface area contributed by atoms with Gasteiger partial charge in [-0.15, -0.1) is 11.3 Å². The Morgan fingerprint density at radius 2 is 1.78 bits per heavy atom. The number of carbonyl (C=O) groups excluding carboxylic acids is 1. The number of nitrogens with zero attached hydrogens (tertiary/aromatic N) is 2. The molecular weight excluding hydrogens is 492 g/mol. The summed E-state index contributed by atoms with van der Waals surface area (Å²) in [5.74, 6) is 0.713. The van der Waals surface area contributed by atoms with Gasteiger partial charge in [0, 0.05) is 33.6 Å². The molecular formula is C29H25ClN2O3S. The third kappa shape index (κ3) is 4.29. The second kappa shape index (κ2) is 8.71. The lowest BCUT2D eigenvalue weighted by molar-refractivity contribution is 0.0909. The second-order valence-electron chi connectivity index (χ2n) is 10.3. The van der Waals surface area contributed by atoms with Gasteiger partial charge in [-0.3, -0.25) is 14.2 Å². The number of benzene rings is 2. The van der Waals surface area contributed by atoms with Gasteiger partial charge >= 0.3 is 0 Å². The lowest BCUT2D eigenvalue weighted by Crippen LogP contribution is -2.35. The molecule has 2 aliphatic carbocycles. The van der Waals surface area contributed by atoms with Crippen molar-refractivity contribution in [3.8, 4) is 33.3 Å². The standard InChI is InChI=1S/C29H25ClN2O3S/c1-29(2)14-24-20(25(33)15-29)13-21(27-31-22(16-36-27)17-7-9-18(30)10-8-17)28(34)32(24)23-5-3-4-6-26(23)35-19-11-12-19/h3-10,13,16,19H,11-12,14-15H2,1-2H3. The highest BCUT2D eigenvalue weighted by Gasteiger charge is 2.35. The van der Waals surface area contributed by atoms with Crippen molar-refractivity contribution in [1.29, 1.82) is 0 Å². The van der Waals surface area contributed by atoms with E-state index < -0.39 is 0 Å². The number of aromatic nitrogens is 2. The normalized spacial score (nSPS) is 16.6. The van der Waals surface area contributed by atoms with Gasteiger partial charge in [-0.1, -0.05) is 49.7 Å². The Morgan fingerprint density at radius 3 is 2.53 bits per heavy atom. The van der Waals surface area contributed by atoms with Crippen molar-refractivity contribution >= 4 is 28.7 Å². The molecule has 1 fully saturated rings. The highest BCUT2D eigenvalue weighted by atomic mass is 35.5. The minimum Gasteiger partial charge on any atom is -0.488 e. The lowest BCUT2D eigenvalue weighted by atomic mass is 9.75. The van der Waals surface area contributed by atoms with Crippen molar-refractivity contribution in [2.45, 2.75) is 45.6 Å². The van der Waals surface area contributed by atoms with E-state index in [9.17, 15) is 9.59 Å². The smallest absolute Gasteiger partial charge is 0.265 e. The number of hydrogen-bond acceptors (Lipinski definition) is 5. The maximum atomic E-state index is 14.1. The van der Waals surface area contributed by atoms with Crippen LogP contribution in [0.5, 0.6) is 5.75 Å². The fourth-order valence-corrected chi connectivity index (χ4v) is 5.74. The van der Waals surface area contributed by atoms with Crippen LogP contribution < -0.4 is 10.3 Å². The van der Waals surface area contributed by atoms with Crippen molar-refractivity contribution < 1.29 is 9.53 Å². The van der Waals surface area contributed by atoms with Crippen molar-refractivity contribution in [3.63, 3.8) is 0 Å². The minimum absolute atomic E-state index is 0.0475. The molecule has 0 bridgehead atoms. The molecule has 5 nitrogen and oxygen atoms in total. The van der Waals surface area contributed by atoms with E-state index in [1.807, 2.05) is 53.9 Å². The highest BCUT2D eigenvalue weighted by Crippen LogP contribution is 2.39. The molecule has 2 aromatic heterocycles. The first kappa shape index (κ1) is 23.2. The average molecular weight is 517 g/mol. The van der Waals surface area contributed by atoms with Crippen LogP contribution in [0, 0.1) is 5.41 Å². The van der Waals surface area contributed by atoms with Gasteiger partial charge in [0.2, 0.25) is 0 Å². The molecule has 0 N–H and O–H groups in total. The molecule has 0 saturated heterocycles. The third-order valence-corrected chi connectivity index (χ3v) is 7.81. The first-order valence-electron chi connectivity index (χ1n) is 12.1. The fourth-order valence-electron chi connectivity index (χ4n) is 4.78. The van der Waals surface area contributed by atoms with Gasteiger partial charge < -0.3 is 4.74 Å². The number of rotatable bonds is 5. The SMILES string of the molecule is CC1(C)CC(=O)c2cc(-c3nc(-c4ccc(Cl)cc4)cs3)c(=O)n(-c3ccccc3OC3CC3)c2C1. The highest BCUT2D eigenvalue weighted by molar-refractivity contribution is 7.13. The Hall–Kier alpha value is -3.22. The van der Waals surface area contributed by atoms with Gasteiger partial charge in [-0.25, -0.2) is 4.98 Å². The molecule has 6 rings (SSSR count). The topological polar surface area (TPSA) is 61.2 Å². The van der Waals surface area contributed by atoms with Crippen molar-refractivity contribution in [3.05, 3.63) is 86.6 Å². The van der Waals surface area contributed by atoms with Gasteiger partial charge in [0.25, 0.3) is 5.56 Å². The summed E-state index contributed by atoms with van der Waals surface area (Å²) < 4.78 is 7.88. The van der Waals surface area contributed by atoms with E-state index in [0.29, 0.717) is 45.4 Å². The number of Topliss-reactive ketones (excluding diaryl/α,β-unsaturated/α-hetero) is 1. The summed E-state index contributed by atoms with van der Waals surface area (Å²) in [6, 6.07) is 16.8. The average Bonchev–Trinajstić information content (AvgIpc) is 3.52. The van der Waals surface area contributed by atoms with Crippen LogP contribution in [0.3, 0.4) is 0 Å². The minimum atomic E-state index is -0.241. The van der Waals surface area contributed by atoms with Crippen molar-refractivity contribution in [1.82, 2.24) is 9.55 Å². The van der Waals surface area contributed by atoms with E-state index in [-0.39, 0.29) is 22.9 Å². The zero-order valence-electron chi connectivity index (χ0n) is 20.1. The van der Waals surface area contributed by atoms with Crippen molar-refractivity contribution in [2.24, 2.45) is 5.41 Å². The van der Waals surface area contributed by atoms with E-state index >= 15 is 0 Å². The van der Waals surface area contributed by atoms with Gasteiger partial charge in [0.15, 0.2) is 5.78 Å². The summed E-state index contributed by atoms with van der Waals surface area (Å²) in [5.41, 5.74) is 3.68. The van der Waals surface area contributed by atoms with Gasteiger partial charge in [0.1, 0.15) is 10.8 Å². The van der Waals surface area contributed by atoms with Gasteiger partial charge in [-0.2, -0.15) is 0 Å². The Morgan fingerprint density at radius 1 is 1.03 bits per heavy atom. The number of para-hydroxylation sites is 2. The fraction of sp³-hybridized carbons (Fsp3) is 0.276. The molecule has 2 heterocycles. The molecule has 4 aromatic rings. The molecule has 182 valence electrons. The summed E-state index contributed by atoms with van der Waals surface area (Å²) in [5, 5.41) is 3.16. The van der Waals surface area contributed by atoms with Crippen LogP contribution in [0.15, 0.2) is 64.8 Å². The Kier molecular flexibility index (Phi) is 5.61. The van der Waals surface area contributed by atoms with Crippen LogP contribution in [0.25, 0.3) is 27.5 Å². The van der Waals surface area contributed by atoms with Crippen molar-refractivity contribution in [2.75, 3.05) is 0 Å². The zero-order valence-corrected chi connectivity index (χ0v) is 21.7. The molecule has 0 amide bonds. The molecule has 1 saturated carbocycles. The van der Waals surface area contributed by atoms with Crippen LogP contribution in [0.2, 0.25) is 5.02 Å². The van der Waals surface area contributed by atoms with Gasteiger partial charge in [0.05, 0.1) is 23.0 Å². The summed E-state index contributed by atoms with van der Waals surface area (Å²) in [4.78, 5) is 32.3. The summed E-state index contributed by atoms with van der Waals surface area (Å²) in [6.45, 7) is 4.14. The Balaban J connectivity index is 1.55. The predicted octanol–water partition coefficient (Wildman–Crippen LogP) is 6.98. The number of pyridine rings is 1. The third-order valence-electron chi connectivity index (χ3n) is 6.69. The summed E-state index contributed by atoms with van der Waals surface area (Å²) in [7, 11) is 0. The number of carbonyl (C=O) groups is 1. The number of fused-ring (bicyclic) bond motifs is 1. The van der Waals surface area contributed by atoms with Crippen LogP contribution >= 0.6 is 22.9 Å². The zero-order chi connectivity index (χ0) is 25.0. The Labute approximate surface area is 218 Å². The lowest BCUT2D eigenvalue weighted by Gasteiger charge is -2.32. The molecule has 2 aromatic carbocycles. The first-order valence-corrected chi connectivity index (χ1v) is 13.3. The molecule has 0 atom stereocenters. The summed E-state index contributed by atoms with van der Waals surface area (Å²) >= 11 is 7.44. The van der Waals surface area contributed by atoms with Crippen LogP contribution in [-0.2, 0) is 6.42 Å². The molecule has 2 aliphatic rings. The number of thiazole rings is 1. The first-order chi connectivity index (χ1) is 17.3. The number of halogens is 1. The van der Waals surface area contributed by atoms with E-state index in [2.05, 4.69) is 13.8 Å². The Bertz CT molecular complexity index is 1550. The van der Waals surface area contributed by atoms with Crippen LogP contribution in [0.4, 0.5) is 0 Å². The monoisotopic (exact) mass is 516 g/mol. The molecule has 7 heteroatoms. The van der Waals surface area contributed by atoms with Crippen LogP contribution in [-0.4, -0.2) is 21.4 Å². The van der Waals surface area contributed by atoms with E-state index in [1.165, 1.54) is 11.3 Å². The molecule has 36 heavy (non-hydrogen) atoms. The molecule has 0 unspecified atom stereocenters. The molecule has 0 aliphatic heterocycles. The molecule has 0 radical (unpaired) electrons. The maximum Gasteiger partial charge on any atom is 0.265 e.